The number of benzene rings is 1. The number of carbonyl (C=O) groups is 1. The molecule has 0 bridgehead atoms. The van der Waals surface area contributed by atoms with Gasteiger partial charge in [-0.2, -0.15) is 0 Å². The van der Waals surface area contributed by atoms with Crippen LogP contribution in [0.3, 0.4) is 0 Å². The number of aromatic nitrogens is 1. The quantitative estimate of drug-likeness (QED) is 0.864. The number of hydrogen-bond acceptors (Lipinski definition) is 5. The van der Waals surface area contributed by atoms with Crippen LogP contribution in [0.5, 0.6) is 0 Å². The number of amides is 1. The van der Waals surface area contributed by atoms with Gasteiger partial charge in [-0.25, -0.2) is 13.4 Å². The average Bonchev–Trinajstić information content (AvgIpc) is 2.80. The second-order valence-electron chi connectivity index (χ2n) is 4.81. The molecule has 23 heavy (non-hydrogen) atoms. The molecule has 1 N–H and O–H groups in total. The van der Waals surface area contributed by atoms with Crippen molar-refractivity contribution in [3.8, 4) is 0 Å². The van der Waals surface area contributed by atoms with Gasteiger partial charge in [-0.15, -0.1) is 0 Å². The molecule has 1 heterocycles. The lowest BCUT2D eigenvalue weighted by molar-refractivity contribution is 0.0831. The number of hydrogen-bond donors (Lipinski definition) is 1. The molecule has 2 rings (SSSR count). The third kappa shape index (κ3) is 3.95. The van der Waals surface area contributed by atoms with Gasteiger partial charge in [0.15, 0.2) is 5.13 Å². The van der Waals surface area contributed by atoms with E-state index in [9.17, 15) is 13.2 Å². The molecule has 0 saturated carbocycles. The molecular formula is C13H13Cl2N3O3S2. The predicted molar refractivity (Wildman–Crippen MR) is 92.1 cm³/mol. The summed E-state index contributed by atoms with van der Waals surface area (Å²) >= 11 is 12.7. The fourth-order valence-corrected chi connectivity index (χ4v) is 4.68. The highest BCUT2D eigenvalue weighted by atomic mass is 35.5. The summed E-state index contributed by atoms with van der Waals surface area (Å²) in [4.78, 5) is 17.7. The van der Waals surface area contributed by atoms with Gasteiger partial charge in [0.25, 0.3) is 15.9 Å². The standard InChI is InChI=1S/C13H13Cl2N3O3S2/c1-7-11(12(19)18(2)3)22-13(16-7)17-23(20,21)10-6-8(14)4-5-9(10)15/h4-6H,1-3H3,(H,16,17). The monoisotopic (exact) mass is 393 g/mol. The third-order valence-corrected chi connectivity index (χ3v) is 6.05. The van der Waals surface area contributed by atoms with Crippen LogP contribution in [-0.2, 0) is 10.0 Å². The first-order chi connectivity index (χ1) is 10.6. The number of rotatable bonds is 4. The van der Waals surface area contributed by atoms with Crippen molar-refractivity contribution >= 4 is 55.6 Å². The Balaban J connectivity index is 2.37. The number of nitrogens with one attached hydrogen (secondary N) is 1. The van der Waals surface area contributed by atoms with Crippen LogP contribution >= 0.6 is 34.5 Å². The molecule has 0 spiro atoms. The van der Waals surface area contributed by atoms with E-state index >= 15 is 0 Å². The minimum absolute atomic E-state index is 0.0415. The highest BCUT2D eigenvalue weighted by Gasteiger charge is 2.23. The maximum absolute atomic E-state index is 12.4. The Labute approximate surface area is 148 Å². The zero-order chi connectivity index (χ0) is 17.4. The first kappa shape index (κ1) is 18.0. The number of nitrogens with zero attached hydrogens (tertiary/aromatic N) is 2. The maximum atomic E-state index is 12.4. The summed E-state index contributed by atoms with van der Waals surface area (Å²) in [5, 5.41) is 0.372. The highest BCUT2D eigenvalue weighted by molar-refractivity contribution is 7.93. The van der Waals surface area contributed by atoms with Crippen molar-refractivity contribution in [3.05, 3.63) is 38.8 Å². The SMILES string of the molecule is Cc1nc(NS(=O)(=O)c2cc(Cl)ccc2Cl)sc1C(=O)N(C)C. The summed E-state index contributed by atoms with van der Waals surface area (Å²) in [7, 11) is -0.743. The molecule has 0 aliphatic heterocycles. The molecule has 0 aliphatic carbocycles. The summed E-state index contributed by atoms with van der Waals surface area (Å²) in [6.45, 7) is 1.64. The van der Waals surface area contributed by atoms with Gasteiger partial charge in [0.2, 0.25) is 0 Å². The molecule has 1 amide bonds. The number of halogens is 2. The number of anilines is 1. The van der Waals surface area contributed by atoms with Crippen molar-refractivity contribution in [2.75, 3.05) is 18.8 Å². The fraction of sp³-hybridized carbons (Fsp3) is 0.231. The molecule has 1 aromatic carbocycles. The Morgan fingerprint density at radius 2 is 1.96 bits per heavy atom. The molecule has 0 unspecified atom stereocenters. The Bertz CT molecular complexity index is 863. The molecule has 0 atom stereocenters. The van der Waals surface area contributed by atoms with Crippen molar-refractivity contribution in [1.82, 2.24) is 9.88 Å². The molecule has 0 aliphatic rings. The van der Waals surface area contributed by atoms with Crippen LogP contribution < -0.4 is 4.72 Å². The molecule has 1 aromatic heterocycles. The van der Waals surface area contributed by atoms with Crippen molar-refractivity contribution in [3.63, 3.8) is 0 Å². The molecule has 124 valence electrons. The van der Waals surface area contributed by atoms with Crippen molar-refractivity contribution in [1.29, 1.82) is 0 Å². The van der Waals surface area contributed by atoms with Gasteiger partial charge in [0.05, 0.1) is 10.7 Å². The summed E-state index contributed by atoms with van der Waals surface area (Å²) in [5.41, 5.74) is 0.448. The van der Waals surface area contributed by atoms with Gasteiger partial charge in [-0.05, 0) is 25.1 Å². The largest absolute Gasteiger partial charge is 0.344 e. The van der Waals surface area contributed by atoms with E-state index in [0.717, 1.165) is 11.3 Å². The topological polar surface area (TPSA) is 79.4 Å². The Hall–Kier alpha value is -1.35. The number of thiazole rings is 1. The average molecular weight is 394 g/mol. The normalized spacial score (nSPS) is 11.3. The second kappa shape index (κ2) is 6.64. The highest BCUT2D eigenvalue weighted by Crippen LogP contribution is 2.29. The van der Waals surface area contributed by atoms with E-state index in [0.29, 0.717) is 10.6 Å². The minimum Gasteiger partial charge on any atom is -0.344 e. The van der Waals surface area contributed by atoms with E-state index in [1.54, 1.807) is 21.0 Å². The third-order valence-electron chi connectivity index (χ3n) is 2.80. The van der Waals surface area contributed by atoms with Gasteiger partial charge in [-0.1, -0.05) is 34.5 Å². The number of sulfonamides is 1. The molecule has 0 saturated heterocycles. The van der Waals surface area contributed by atoms with Gasteiger partial charge in [-0.3, -0.25) is 9.52 Å². The van der Waals surface area contributed by atoms with Crippen molar-refractivity contribution in [2.24, 2.45) is 0 Å². The first-order valence-corrected chi connectivity index (χ1v) is 9.34. The summed E-state index contributed by atoms with van der Waals surface area (Å²) in [6.07, 6.45) is 0. The van der Waals surface area contributed by atoms with Gasteiger partial charge < -0.3 is 4.90 Å². The lowest BCUT2D eigenvalue weighted by atomic mass is 10.3. The molecule has 2 aromatic rings. The zero-order valence-corrected chi connectivity index (χ0v) is 15.6. The Morgan fingerprint density at radius 3 is 2.57 bits per heavy atom. The van der Waals surface area contributed by atoms with Gasteiger partial charge in [0, 0.05) is 19.1 Å². The fourth-order valence-electron chi connectivity index (χ4n) is 1.69. The lowest BCUT2D eigenvalue weighted by Crippen LogP contribution is -2.21. The molecule has 10 heteroatoms. The number of carbonyl (C=O) groups excluding carboxylic acids is 1. The minimum atomic E-state index is -3.96. The lowest BCUT2D eigenvalue weighted by Gasteiger charge is -2.08. The predicted octanol–water partition coefficient (Wildman–Crippen LogP) is 3.26. The van der Waals surface area contributed by atoms with Crippen LogP contribution in [0.2, 0.25) is 10.0 Å². The van der Waals surface area contributed by atoms with E-state index in [-0.39, 0.29) is 26.0 Å². The first-order valence-electron chi connectivity index (χ1n) is 6.29. The van der Waals surface area contributed by atoms with Crippen LogP contribution in [-0.4, -0.2) is 38.3 Å². The van der Waals surface area contributed by atoms with Crippen LogP contribution in [0.15, 0.2) is 23.1 Å². The zero-order valence-electron chi connectivity index (χ0n) is 12.4. The Kier molecular flexibility index (Phi) is 5.20. The smallest absolute Gasteiger partial charge is 0.265 e. The number of aryl methyl sites for hydroxylation is 1. The maximum Gasteiger partial charge on any atom is 0.265 e. The summed E-state index contributed by atoms with van der Waals surface area (Å²) < 4.78 is 27.2. The molecule has 0 fully saturated rings. The summed E-state index contributed by atoms with van der Waals surface area (Å²) in [6, 6.07) is 4.13. The van der Waals surface area contributed by atoms with E-state index in [1.165, 1.54) is 23.1 Å². The Morgan fingerprint density at radius 1 is 1.30 bits per heavy atom. The van der Waals surface area contributed by atoms with Crippen LogP contribution in [0.1, 0.15) is 15.4 Å². The van der Waals surface area contributed by atoms with E-state index in [2.05, 4.69) is 9.71 Å². The van der Waals surface area contributed by atoms with Gasteiger partial charge in [0.1, 0.15) is 9.77 Å². The van der Waals surface area contributed by atoms with Gasteiger partial charge >= 0.3 is 0 Å². The van der Waals surface area contributed by atoms with Crippen molar-refractivity contribution in [2.45, 2.75) is 11.8 Å². The summed E-state index contributed by atoms with van der Waals surface area (Å²) in [5.74, 6) is -0.244. The second-order valence-corrected chi connectivity index (χ2v) is 8.31. The van der Waals surface area contributed by atoms with Crippen LogP contribution in [0.25, 0.3) is 0 Å². The molecule has 6 nitrogen and oxygen atoms in total. The van der Waals surface area contributed by atoms with E-state index in [4.69, 9.17) is 23.2 Å². The van der Waals surface area contributed by atoms with Crippen LogP contribution in [0, 0.1) is 6.92 Å². The molecular weight excluding hydrogens is 381 g/mol. The molecule has 0 radical (unpaired) electrons. The van der Waals surface area contributed by atoms with E-state index < -0.39 is 10.0 Å². The van der Waals surface area contributed by atoms with Crippen molar-refractivity contribution < 1.29 is 13.2 Å². The van der Waals surface area contributed by atoms with E-state index in [1.807, 2.05) is 0 Å². The van der Waals surface area contributed by atoms with Crippen LogP contribution in [0.4, 0.5) is 5.13 Å².